The van der Waals surface area contributed by atoms with Crippen LogP contribution in [0.4, 0.5) is 0 Å². The normalized spacial score (nSPS) is 30.7. The molecule has 0 aromatic carbocycles. The lowest BCUT2D eigenvalue weighted by molar-refractivity contribution is -0.00773. The highest BCUT2D eigenvalue weighted by Gasteiger charge is 2.31. The maximum atomic E-state index is 10.3. The van der Waals surface area contributed by atoms with Crippen LogP contribution >= 0.6 is 0 Å². The number of hydrogen-bond donors (Lipinski definition) is 2. The molecule has 1 rings (SSSR count). The van der Waals surface area contributed by atoms with Gasteiger partial charge in [0.05, 0.1) is 12.1 Å². The monoisotopic (exact) mass is 209 g/mol. The fraction of sp³-hybridized carbons (Fsp3) is 0.846. The van der Waals surface area contributed by atoms with Gasteiger partial charge < -0.3 is 10.4 Å². The van der Waals surface area contributed by atoms with E-state index in [-0.39, 0.29) is 0 Å². The minimum atomic E-state index is -0.471. The summed E-state index contributed by atoms with van der Waals surface area (Å²) in [6, 6.07) is 0. The molecular weight excluding hydrogens is 186 g/mol. The Morgan fingerprint density at radius 1 is 1.40 bits per heavy atom. The van der Waals surface area contributed by atoms with Crippen molar-refractivity contribution in [3.8, 4) is 11.8 Å². The van der Waals surface area contributed by atoms with Crippen LogP contribution in [-0.2, 0) is 0 Å². The van der Waals surface area contributed by atoms with E-state index in [9.17, 15) is 5.11 Å². The maximum Gasteiger partial charge on any atom is 0.0772 e. The van der Waals surface area contributed by atoms with Gasteiger partial charge in [-0.25, -0.2) is 0 Å². The van der Waals surface area contributed by atoms with E-state index >= 15 is 0 Å². The van der Waals surface area contributed by atoms with E-state index < -0.39 is 5.60 Å². The van der Waals surface area contributed by atoms with Gasteiger partial charge in [0.25, 0.3) is 0 Å². The summed E-state index contributed by atoms with van der Waals surface area (Å²) in [5.74, 6) is 6.63. The van der Waals surface area contributed by atoms with Gasteiger partial charge in [-0.15, -0.1) is 5.92 Å². The molecule has 1 fully saturated rings. The molecule has 2 heteroatoms. The Morgan fingerprint density at radius 2 is 2.07 bits per heavy atom. The SMILES string of the molecule is CC#CCNCC1(O)CCC(CC)CC1. The van der Waals surface area contributed by atoms with Crippen molar-refractivity contribution in [1.82, 2.24) is 5.32 Å². The molecule has 0 aromatic rings. The van der Waals surface area contributed by atoms with E-state index in [0.29, 0.717) is 13.1 Å². The van der Waals surface area contributed by atoms with E-state index in [4.69, 9.17) is 0 Å². The van der Waals surface area contributed by atoms with Gasteiger partial charge in [0.1, 0.15) is 0 Å². The third kappa shape index (κ3) is 4.24. The number of rotatable bonds is 4. The standard InChI is InChI=1S/C13H23NO/c1-3-5-10-14-11-13(15)8-6-12(4-2)7-9-13/h12,14-15H,4,6-11H2,1-2H3. The van der Waals surface area contributed by atoms with Crippen LogP contribution in [0.15, 0.2) is 0 Å². The lowest BCUT2D eigenvalue weighted by Gasteiger charge is -2.35. The minimum absolute atomic E-state index is 0.471. The van der Waals surface area contributed by atoms with E-state index in [0.717, 1.165) is 18.8 Å². The van der Waals surface area contributed by atoms with E-state index in [2.05, 4.69) is 24.1 Å². The average molecular weight is 209 g/mol. The number of aliphatic hydroxyl groups is 1. The van der Waals surface area contributed by atoms with Crippen LogP contribution in [0.3, 0.4) is 0 Å². The van der Waals surface area contributed by atoms with Crippen LogP contribution in [0.1, 0.15) is 46.0 Å². The fourth-order valence-corrected chi connectivity index (χ4v) is 2.25. The summed E-state index contributed by atoms with van der Waals surface area (Å²) in [4.78, 5) is 0. The summed E-state index contributed by atoms with van der Waals surface area (Å²) in [6.45, 7) is 5.46. The number of hydrogen-bond acceptors (Lipinski definition) is 2. The van der Waals surface area contributed by atoms with Gasteiger partial charge in [0.2, 0.25) is 0 Å². The third-order valence-electron chi connectivity index (χ3n) is 3.46. The first kappa shape index (κ1) is 12.5. The lowest BCUT2D eigenvalue weighted by Crippen LogP contribution is -2.43. The van der Waals surface area contributed by atoms with Crippen LogP contribution in [0.25, 0.3) is 0 Å². The minimum Gasteiger partial charge on any atom is -0.389 e. The zero-order valence-electron chi connectivity index (χ0n) is 9.97. The zero-order valence-corrected chi connectivity index (χ0v) is 9.97. The smallest absolute Gasteiger partial charge is 0.0772 e. The average Bonchev–Trinajstić information content (AvgIpc) is 2.26. The van der Waals surface area contributed by atoms with Gasteiger partial charge in [-0.2, -0.15) is 0 Å². The molecule has 0 aliphatic heterocycles. The van der Waals surface area contributed by atoms with Gasteiger partial charge in [0.15, 0.2) is 0 Å². The summed E-state index contributed by atoms with van der Waals surface area (Å²) >= 11 is 0. The topological polar surface area (TPSA) is 32.3 Å². The van der Waals surface area contributed by atoms with E-state index in [1.165, 1.54) is 19.3 Å². The summed E-state index contributed by atoms with van der Waals surface area (Å²) in [6.07, 6.45) is 5.49. The first-order chi connectivity index (χ1) is 7.20. The molecule has 0 spiro atoms. The van der Waals surface area contributed by atoms with Crippen LogP contribution in [-0.4, -0.2) is 23.8 Å². The Bertz CT molecular complexity index is 231. The van der Waals surface area contributed by atoms with Crippen molar-refractivity contribution in [2.75, 3.05) is 13.1 Å². The summed E-state index contributed by atoms with van der Waals surface area (Å²) in [5, 5.41) is 13.5. The zero-order chi connectivity index (χ0) is 11.1. The van der Waals surface area contributed by atoms with Crippen molar-refractivity contribution < 1.29 is 5.11 Å². The quantitative estimate of drug-likeness (QED) is 0.548. The third-order valence-corrected chi connectivity index (χ3v) is 3.46. The van der Waals surface area contributed by atoms with Gasteiger partial charge in [0, 0.05) is 6.54 Å². The van der Waals surface area contributed by atoms with Gasteiger partial charge in [-0.3, -0.25) is 0 Å². The van der Waals surface area contributed by atoms with Gasteiger partial charge >= 0.3 is 0 Å². The molecule has 86 valence electrons. The lowest BCUT2D eigenvalue weighted by atomic mass is 9.78. The molecule has 2 N–H and O–H groups in total. The molecule has 1 saturated carbocycles. The Hall–Kier alpha value is -0.520. The molecule has 1 aliphatic rings. The molecule has 0 saturated heterocycles. The van der Waals surface area contributed by atoms with Crippen LogP contribution < -0.4 is 5.32 Å². The molecule has 0 heterocycles. The van der Waals surface area contributed by atoms with Crippen molar-refractivity contribution in [2.24, 2.45) is 5.92 Å². The molecule has 0 unspecified atom stereocenters. The molecule has 0 atom stereocenters. The first-order valence-electron chi connectivity index (χ1n) is 6.03. The molecular formula is C13H23NO. The molecule has 0 bridgehead atoms. The van der Waals surface area contributed by atoms with E-state index in [1.807, 2.05) is 6.92 Å². The Morgan fingerprint density at radius 3 is 2.60 bits per heavy atom. The second kappa shape index (κ2) is 6.15. The highest BCUT2D eigenvalue weighted by Crippen LogP contribution is 2.33. The highest BCUT2D eigenvalue weighted by atomic mass is 16.3. The van der Waals surface area contributed by atoms with Gasteiger partial charge in [-0.1, -0.05) is 19.3 Å². The molecule has 1 aliphatic carbocycles. The van der Waals surface area contributed by atoms with Gasteiger partial charge in [-0.05, 0) is 38.5 Å². The summed E-state index contributed by atoms with van der Waals surface area (Å²) < 4.78 is 0. The predicted molar refractivity (Wildman–Crippen MR) is 63.5 cm³/mol. The number of nitrogens with one attached hydrogen (secondary N) is 1. The van der Waals surface area contributed by atoms with Crippen molar-refractivity contribution in [3.63, 3.8) is 0 Å². The van der Waals surface area contributed by atoms with Crippen LogP contribution in [0, 0.1) is 17.8 Å². The van der Waals surface area contributed by atoms with Crippen LogP contribution in [0.5, 0.6) is 0 Å². The molecule has 0 aromatic heterocycles. The second-order valence-corrected chi connectivity index (χ2v) is 4.61. The molecule has 0 radical (unpaired) electrons. The second-order valence-electron chi connectivity index (χ2n) is 4.61. The molecule has 15 heavy (non-hydrogen) atoms. The Balaban J connectivity index is 2.24. The van der Waals surface area contributed by atoms with Crippen molar-refractivity contribution in [1.29, 1.82) is 0 Å². The van der Waals surface area contributed by atoms with Crippen LogP contribution in [0.2, 0.25) is 0 Å². The van der Waals surface area contributed by atoms with E-state index in [1.54, 1.807) is 0 Å². The highest BCUT2D eigenvalue weighted by molar-refractivity contribution is 4.98. The maximum absolute atomic E-state index is 10.3. The Labute approximate surface area is 93.5 Å². The summed E-state index contributed by atoms with van der Waals surface area (Å²) in [7, 11) is 0. The molecule has 0 amide bonds. The fourth-order valence-electron chi connectivity index (χ4n) is 2.25. The van der Waals surface area contributed by atoms with Crippen molar-refractivity contribution in [2.45, 2.75) is 51.6 Å². The Kier molecular flexibility index (Phi) is 5.14. The largest absolute Gasteiger partial charge is 0.389 e. The first-order valence-corrected chi connectivity index (χ1v) is 6.03. The van der Waals surface area contributed by atoms with Crippen molar-refractivity contribution >= 4 is 0 Å². The van der Waals surface area contributed by atoms with Crippen molar-refractivity contribution in [3.05, 3.63) is 0 Å². The summed E-state index contributed by atoms with van der Waals surface area (Å²) in [5.41, 5.74) is -0.471. The predicted octanol–water partition coefficient (Wildman–Crippen LogP) is 1.93. The molecule has 2 nitrogen and oxygen atoms in total.